The number of rotatable bonds is 6. The number of hydrogen-bond donors (Lipinski definition) is 3. The van der Waals surface area contributed by atoms with Crippen LogP contribution in [-0.2, 0) is 0 Å². The van der Waals surface area contributed by atoms with Crippen molar-refractivity contribution in [1.29, 1.82) is 0 Å². The van der Waals surface area contributed by atoms with Gasteiger partial charge in [0.15, 0.2) is 0 Å². The summed E-state index contributed by atoms with van der Waals surface area (Å²) < 4.78 is 0. The molecule has 0 aromatic carbocycles. The van der Waals surface area contributed by atoms with Crippen LogP contribution in [0.4, 0.5) is 0 Å². The summed E-state index contributed by atoms with van der Waals surface area (Å²) in [7, 11) is 0. The Balaban J connectivity index is 3.66. The fourth-order valence-electron chi connectivity index (χ4n) is 0.885. The van der Waals surface area contributed by atoms with Crippen LogP contribution in [-0.4, -0.2) is 35.1 Å². The van der Waals surface area contributed by atoms with E-state index in [1.54, 1.807) is 0 Å². The van der Waals surface area contributed by atoms with E-state index < -0.39 is 0 Å². The lowest BCUT2D eigenvalue weighted by Gasteiger charge is -2.02. The smallest absolute Gasteiger partial charge is 0.0468 e. The summed E-state index contributed by atoms with van der Waals surface area (Å²) in [5.41, 5.74) is 1.02. The van der Waals surface area contributed by atoms with Crippen molar-refractivity contribution in [3.63, 3.8) is 0 Å². The van der Waals surface area contributed by atoms with Gasteiger partial charge in [0.25, 0.3) is 0 Å². The minimum atomic E-state index is 0.108. The molecule has 0 saturated heterocycles. The van der Waals surface area contributed by atoms with Crippen LogP contribution in [0.5, 0.6) is 0 Å². The highest BCUT2D eigenvalue weighted by atomic mass is 16.3. The van der Waals surface area contributed by atoms with Crippen molar-refractivity contribution in [2.75, 3.05) is 19.8 Å². The van der Waals surface area contributed by atoms with Crippen LogP contribution in [0.3, 0.4) is 0 Å². The molecule has 66 valence electrons. The molecule has 0 rings (SSSR count). The first-order valence-electron chi connectivity index (χ1n) is 3.85. The van der Waals surface area contributed by atoms with Gasteiger partial charge in [-0.1, -0.05) is 11.6 Å². The Kier molecular flexibility index (Phi) is 7.46. The number of hydrogen-bond acceptors (Lipinski definition) is 3. The summed E-state index contributed by atoms with van der Waals surface area (Å²) in [5, 5.41) is 25.6. The number of aliphatic hydroxyl groups excluding tert-OH is 3. The molecule has 3 nitrogen and oxygen atoms in total. The van der Waals surface area contributed by atoms with Crippen molar-refractivity contribution in [3.05, 3.63) is 11.6 Å². The Morgan fingerprint density at radius 1 is 0.909 bits per heavy atom. The molecule has 0 aromatic rings. The third-order valence-electron chi connectivity index (χ3n) is 1.43. The van der Waals surface area contributed by atoms with Gasteiger partial charge in [0.1, 0.15) is 0 Å². The minimum absolute atomic E-state index is 0.108. The third kappa shape index (κ3) is 6.04. The lowest BCUT2D eigenvalue weighted by molar-refractivity contribution is 0.278. The van der Waals surface area contributed by atoms with Gasteiger partial charge in [-0.2, -0.15) is 0 Å². The zero-order valence-corrected chi connectivity index (χ0v) is 6.66. The second-order valence-electron chi connectivity index (χ2n) is 2.32. The zero-order valence-electron chi connectivity index (χ0n) is 6.66. The van der Waals surface area contributed by atoms with E-state index in [0.29, 0.717) is 19.3 Å². The van der Waals surface area contributed by atoms with Crippen LogP contribution in [0.25, 0.3) is 0 Å². The monoisotopic (exact) mass is 160 g/mol. The molecule has 3 N–H and O–H groups in total. The molecule has 0 radical (unpaired) electrons. The van der Waals surface area contributed by atoms with Gasteiger partial charge in [-0.3, -0.25) is 0 Å². The average molecular weight is 160 g/mol. The van der Waals surface area contributed by atoms with Crippen molar-refractivity contribution in [1.82, 2.24) is 0 Å². The zero-order chi connectivity index (χ0) is 8.53. The van der Waals surface area contributed by atoms with Crippen LogP contribution in [0, 0.1) is 0 Å². The van der Waals surface area contributed by atoms with E-state index >= 15 is 0 Å². The van der Waals surface area contributed by atoms with Crippen LogP contribution < -0.4 is 0 Å². The molecule has 0 aliphatic carbocycles. The predicted molar refractivity (Wildman–Crippen MR) is 43.2 cm³/mol. The van der Waals surface area contributed by atoms with Crippen LogP contribution in [0.2, 0.25) is 0 Å². The maximum absolute atomic E-state index is 8.58. The molecule has 0 atom stereocenters. The second-order valence-corrected chi connectivity index (χ2v) is 2.32. The molecule has 11 heavy (non-hydrogen) atoms. The summed E-state index contributed by atoms with van der Waals surface area (Å²) in [5.74, 6) is 0. The van der Waals surface area contributed by atoms with E-state index in [9.17, 15) is 0 Å². The van der Waals surface area contributed by atoms with Crippen molar-refractivity contribution >= 4 is 0 Å². The second kappa shape index (κ2) is 7.72. The summed E-state index contributed by atoms with van der Waals surface area (Å²) in [4.78, 5) is 0. The third-order valence-corrected chi connectivity index (χ3v) is 1.43. The van der Waals surface area contributed by atoms with Gasteiger partial charge in [-0.15, -0.1) is 0 Å². The highest BCUT2D eigenvalue weighted by Crippen LogP contribution is 2.06. The molecule has 0 bridgehead atoms. The highest BCUT2D eigenvalue weighted by molar-refractivity contribution is 5.01. The summed E-state index contributed by atoms with van der Waals surface area (Å²) in [6.07, 6.45) is 3.67. The summed E-state index contributed by atoms with van der Waals surface area (Å²) >= 11 is 0. The van der Waals surface area contributed by atoms with Crippen LogP contribution >= 0.6 is 0 Å². The molecule has 0 spiro atoms. The van der Waals surface area contributed by atoms with E-state index in [2.05, 4.69) is 0 Å². The largest absolute Gasteiger partial charge is 0.396 e. The standard InChI is InChI=1S/C8H16O3/c9-5-1-2-8(3-6-10)4-7-11/h2,9-11H,1,3-7H2. The summed E-state index contributed by atoms with van der Waals surface area (Å²) in [6, 6.07) is 0. The lowest BCUT2D eigenvalue weighted by atomic mass is 10.1. The van der Waals surface area contributed by atoms with E-state index in [1.165, 1.54) is 0 Å². The predicted octanol–water partition coefficient (Wildman–Crippen LogP) is 0.0600. The SMILES string of the molecule is OCCC=C(CCO)CCO. The Morgan fingerprint density at radius 2 is 1.45 bits per heavy atom. The van der Waals surface area contributed by atoms with Crippen LogP contribution in [0.1, 0.15) is 19.3 Å². The topological polar surface area (TPSA) is 60.7 Å². The van der Waals surface area contributed by atoms with Crippen molar-refractivity contribution in [2.45, 2.75) is 19.3 Å². The quantitative estimate of drug-likeness (QED) is 0.481. The van der Waals surface area contributed by atoms with Gasteiger partial charge in [-0.25, -0.2) is 0 Å². The van der Waals surface area contributed by atoms with Crippen molar-refractivity contribution in [2.24, 2.45) is 0 Å². The maximum Gasteiger partial charge on any atom is 0.0468 e. The van der Waals surface area contributed by atoms with Gasteiger partial charge in [0, 0.05) is 19.8 Å². The first kappa shape index (κ1) is 10.6. The van der Waals surface area contributed by atoms with Crippen molar-refractivity contribution < 1.29 is 15.3 Å². The van der Waals surface area contributed by atoms with Crippen LogP contribution in [0.15, 0.2) is 11.6 Å². The number of aliphatic hydroxyl groups is 3. The average Bonchev–Trinajstić information content (AvgIpc) is 2.01. The van der Waals surface area contributed by atoms with E-state index in [0.717, 1.165) is 5.57 Å². The molecule has 0 saturated carbocycles. The molecule has 0 fully saturated rings. The van der Waals surface area contributed by atoms with Crippen molar-refractivity contribution in [3.8, 4) is 0 Å². The van der Waals surface area contributed by atoms with Gasteiger partial charge < -0.3 is 15.3 Å². The van der Waals surface area contributed by atoms with Gasteiger partial charge in [-0.05, 0) is 19.3 Å². The fourth-order valence-corrected chi connectivity index (χ4v) is 0.885. The maximum atomic E-state index is 8.58. The van der Waals surface area contributed by atoms with Gasteiger partial charge in [0.05, 0.1) is 0 Å². The highest BCUT2D eigenvalue weighted by Gasteiger charge is 1.94. The minimum Gasteiger partial charge on any atom is -0.396 e. The van der Waals surface area contributed by atoms with Gasteiger partial charge in [0.2, 0.25) is 0 Å². The molecular weight excluding hydrogens is 144 g/mol. The lowest BCUT2D eigenvalue weighted by Crippen LogP contribution is -1.93. The molecule has 3 heteroatoms. The Bertz CT molecular complexity index is 102. The Morgan fingerprint density at radius 3 is 1.82 bits per heavy atom. The van der Waals surface area contributed by atoms with E-state index in [4.69, 9.17) is 15.3 Å². The fraction of sp³-hybridized carbons (Fsp3) is 0.750. The molecule has 0 heterocycles. The first-order chi connectivity index (χ1) is 5.35. The molecule has 0 aliphatic rings. The Hall–Kier alpha value is -0.380. The first-order valence-corrected chi connectivity index (χ1v) is 3.85. The van der Waals surface area contributed by atoms with Gasteiger partial charge >= 0.3 is 0 Å². The van der Waals surface area contributed by atoms with E-state index in [-0.39, 0.29) is 19.8 Å². The Labute approximate surface area is 67.0 Å². The molecule has 0 unspecified atom stereocenters. The summed E-state index contributed by atoms with van der Waals surface area (Å²) in [6.45, 7) is 0.342. The normalized spacial score (nSPS) is 9.73. The molecule has 0 aliphatic heterocycles. The molecule has 0 aromatic heterocycles. The molecule has 0 amide bonds. The molecular formula is C8H16O3. The van der Waals surface area contributed by atoms with E-state index in [1.807, 2.05) is 6.08 Å².